The molecule has 2 aromatic carbocycles. The maximum Gasteiger partial charge on any atom is 0.505 e. The van der Waals surface area contributed by atoms with E-state index in [2.05, 4.69) is 81.7 Å². The zero-order valence-corrected chi connectivity index (χ0v) is 19.5. The Morgan fingerprint density at radius 2 is 1.13 bits per heavy atom. The normalized spacial score (nSPS) is 12.7. The van der Waals surface area contributed by atoms with Gasteiger partial charge in [-0.15, -0.1) is 0 Å². The Hall–Kier alpha value is -0.552. The smallest absolute Gasteiger partial charge is 0.416 e. The van der Waals surface area contributed by atoms with Crippen LogP contribution in [0.5, 0.6) is 0 Å². The summed E-state index contributed by atoms with van der Waals surface area (Å²) in [5.41, 5.74) is 0. The van der Waals surface area contributed by atoms with Crippen molar-refractivity contribution in [2.75, 3.05) is 0 Å². The van der Waals surface area contributed by atoms with Gasteiger partial charge in [-0.1, -0.05) is 42.5 Å². The first kappa shape index (κ1) is 18.8. The summed E-state index contributed by atoms with van der Waals surface area (Å²) in [6.07, 6.45) is 0. The molecule has 0 saturated heterocycles. The van der Waals surface area contributed by atoms with Crippen molar-refractivity contribution in [2.24, 2.45) is 0 Å². The van der Waals surface area contributed by atoms with E-state index in [1.54, 1.807) is 0 Å². The Morgan fingerprint density at radius 3 is 1.65 bits per heavy atom. The molecule has 3 nitrogen and oxygen atoms in total. The Bertz CT molecular complexity index is 614. The van der Waals surface area contributed by atoms with Crippen molar-refractivity contribution in [3.8, 4) is 0 Å². The summed E-state index contributed by atoms with van der Waals surface area (Å²) in [5, 5.41) is 3.58. The molecule has 23 heavy (non-hydrogen) atoms. The molecule has 0 heterocycles. The lowest BCUT2D eigenvalue weighted by molar-refractivity contribution is 0.291. The Labute approximate surface area is 146 Å². The van der Waals surface area contributed by atoms with Crippen molar-refractivity contribution in [1.29, 1.82) is 0 Å². The topological polar surface area (TPSA) is 27.7 Å². The highest BCUT2D eigenvalue weighted by molar-refractivity contribution is 6.89. The van der Waals surface area contributed by atoms with Crippen LogP contribution in [0.25, 0.3) is 10.8 Å². The fourth-order valence-corrected chi connectivity index (χ4v) is 14.7. The van der Waals surface area contributed by atoms with Gasteiger partial charge in [0.15, 0.2) is 27.1 Å². The summed E-state index contributed by atoms with van der Waals surface area (Å²) in [6, 6.07) is 14.9. The van der Waals surface area contributed by atoms with E-state index >= 15 is 0 Å². The molecule has 0 bridgehead atoms. The first-order valence-electron chi connectivity index (χ1n) is 8.35. The fraction of sp³-hybridized carbons (Fsp3) is 0.375. The minimum Gasteiger partial charge on any atom is -0.416 e. The number of benzene rings is 2. The average molecular weight is 381 g/mol. The van der Waals surface area contributed by atoms with Gasteiger partial charge in [0.2, 0.25) is 0 Å². The minimum absolute atomic E-state index is 1.15. The predicted molar refractivity (Wildman–Crippen MR) is 109 cm³/mol. The summed E-state index contributed by atoms with van der Waals surface area (Å²) in [5.74, 6) is 0. The van der Waals surface area contributed by atoms with Crippen LogP contribution in [0.15, 0.2) is 42.5 Å². The molecular weight excluding hydrogens is 353 g/mol. The van der Waals surface area contributed by atoms with Gasteiger partial charge >= 0.3 is 8.80 Å². The van der Waals surface area contributed by atoms with E-state index < -0.39 is 35.9 Å². The van der Waals surface area contributed by atoms with E-state index in [9.17, 15) is 0 Å². The maximum atomic E-state index is 6.56. The van der Waals surface area contributed by atoms with E-state index in [0.717, 1.165) is 5.19 Å². The second kappa shape index (κ2) is 8.02. The van der Waals surface area contributed by atoms with Crippen molar-refractivity contribution in [3.05, 3.63) is 42.5 Å². The molecule has 0 N–H and O–H groups in total. The molecule has 0 amide bonds. The fourth-order valence-electron chi connectivity index (χ4n) is 2.70. The lowest BCUT2D eigenvalue weighted by atomic mass is 10.1. The molecule has 2 aromatic rings. The molecule has 2 rings (SSSR count). The van der Waals surface area contributed by atoms with E-state index in [1.165, 1.54) is 10.8 Å². The molecule has 0 atom stereocenters. The third-order valence-electron chi connectivity index (χ3n) is 3.29. The first-order chi connectivity index (χ1) is 10.8. The SMILES string of the molecule is C[SiH](C)O[Si](O[SiH](C)C)(O[SiH](C)C)c1cccc2ccccc12. The van der Waals surface area contributed by atoms with Crippen molar-refractivity contribution in [3.63, 3.8) is 0 Å². The number of fused-ring (bicyclic) bond motifs is 1. The second-order valence-electron chi connectivity index (χ2n) is 6.58. The van der Waals surface area contributed by atoms with E-state index in [1.807, 2.05) is 0 Å². The van der Waals surface area contributed by atoms with Gasteiger partial charge in [-0.05, 0) is 50.1 Å². The highest BCUT2D eigenvalue weighted by Gasteiger charge is 2.46. The van der Waals surface area contributed by atoms with Crippen LogP contribution in [-0.4, -0.2) is 35.9 Å². The second-order valence-corrected chi connectivity index (χ2v) is 17.4. The molecule has 0 aliphatic carbocycles. The molecule has 0 unspecified atom stereocenters. The molecule has 0 aliphatic rings. The maximum absolute atomic E-state index is 6.56. The van der Waals surface area contributed by atoms with Gasteiger partial charge in [0.1, 0.15) is 0 Å². The van der Waals surface area contributed by atoms with Crippen molar-refractivity contribution >= 4 is 51.9 Å². The van der Waals surface area contributed by atoms with Crippen LogP contribution in [-0.2, 0) is 12.3 Å². The number of rotatable bonds is 7. The molecule has 126 valence electrons. The number of hydrogen-bond donors (Lipinski definition) is 0. The predicted octanol–water partition coefficient (Wildman–Crippen LogP) is 2.99. The highest BCUT2D eigenvalue weighted by Crippen LogP contribution is 2.21. The Morgan fingerprint density at radius 1 is 0.652 bits per heavy atom. The van der Waals surface area contributed by atoms with Crippen molar-refractivity contribution < 1.29 is 12.3 Å². The third kappa shape index (κ3) is 4.72. The molecule has 0 fully saturated rings. The average Bonchev–Trinajstić information content (AvgIpc) is 2.44. The zero-order valence-electron chi connectivity index (χ0n) is 15.0. The van der Waals surface area contributed by atoms with E-state index in [-0.39, 0.29) is 0 Å². The first-order valence-corrected chi connectivity index (χ1v) is 18.4. The van der Waals surface area contributed by atoms with Gasteiger partial charge in [-0.3, -0.25) is 0 Å². The molecular formula is C16H28O3Si4. The minimum atomic E-state index is -2.84. The summed E-state index contributed by atoms with van der Waals surface area (Å²) in [6.45, 7) is 13.2. The lowest BCUT2D eigenvalue weighted by Crippen LogP contribution is -2.62. The van der Waals surface area contributed by atoms with Crippen LogP contribution in [0.1, 0.15) is 0 Å². The Balaban J connectivity index is 2.65. The molecule has 7 heteroatoms. The van der Waals surface area contributed by atoms with Crippen LogP contribution >= 0.6 is 0 Å². The van der Waals surface area contributed by atoms with Crippen LogP contribution in [0, 0.1) is 0 Å². The van der Waals surface area contributed by atoms with Gasteiger partial charge in [0, 0.05) is 5.19 Å². The van der Waals surface area contributed by atoms with E-state index in [0.29, 0.717) is 0 Å². The molecule has 0 aliphatic heterocycles. The standard InChI is InChI=1S/C16H28O3Si4/c1-20(2)17-23(18-21(3)4,19-22(5)6)16-13-9-11-14-10-7-8-12-15(14)16/h7-13,20-22H,1-6H3. The summed E-state index contributed by atoms with van der Waals surface area (Å²) >= 11 is 0. The zero-order chi connectivity index (χ0) is 17.0. The van der Waals surface area contributed by atoms with Crippen LogP contribution in [0.3, 0.4) is 0 Å². The van der Waals surface area contributed by atoms with Gasteiger partial charge < -0.3 is 12.3 Å². The van der Waals surface area contributed by atoms with Crippen molar-refractivity contribution in [2.45, 2.75) is 39.3 Å². The van der Waals surface area contributed by atoms with Crippen LogP contribution in [0.2, 0.25) is 39.3 Å². The van der Waals surface area contributed by atoms with Crippen LogP contribution < -0.4 is 5.19 Å². The van der Waals surface area contributed by atoms with Gasteiger partial charge in [0.05, 0.1) is 0 Å². The third-order valence-corrected chi connectivity index (χ3v) is 13.8. The monoisotopic (exact) mass is 380 g/mol. The van der Waals surface area contributed by atoms with Gasteiger partial charge in [-0.2, -0.15) is 0 Å². The summed E-state index contributed by atoms with van der Waals surface area (Å²) in [4.78, 5) is 0. The lowest BCUT2D eigenvalue weighted by Gasteiger charge is -2.36. The van der Waals surface area contributed by atoms with Crippen LogP contribution in [0.4, 0.5) is 0 Å². The summed E-state index contributed by atoms with van der Waals surface area (Å²) in [7, 11) is -6.76. The Kier molecular flexibility index (Phi) is 6.55. The molecule has 0 aromatic heterocycles. The number of hydrogen-bond acceptors (Lipinski definition) is 3. The molecule has 0 saturated carbocycles. The molecule has 0 radical (unpaired) electrons. The van der Waals surface area contributed by atoms with E-state index in [4.69, 9.17) is 12.3 Å². The van der Waals surface area contributed by atoms with Gasteiger partial charge in [0.25, 0.3) is 0 Å². The highest BCUT2D eigenvalue weighted by atomic mass is 28.5. The van der Waals surface area contributed by atoms with Gasteiger partial charge in [-0.25, -0.2) is 0 Å². The quantitative estimate of drug-likeness (QED) is 0.691. The molecule has 0 spiro atoms. The summed E-state index contributed by atoms with van der Waals surface area (Å²) < 4.78 is 19.7. The van der Waals surface area contributed by atoms with Crippen molar-refractivity contribution in [1.82, 2.24) is 0 Å². The largest absolute Gasteiger partial charge is 0.505 e.